The van der Waals surface area contributed by atoms with Crippen molar-refractivity contribution in [2.45, 2.75) is 0 Å². The van der Waals surface area contributed by atoms with Crippen molar-refractivity contribution < 1.29 is 0 Å². The average Bonchev–Trinajstić information content (AvgIpc) is 3.29. The highest BCUT2D eigenvalue weighted by Gasteiger charge is 2.30. The largest absolute Gasteiger partial charge is 0.309 e. The SMILES string of the molecule is c1ccc(-c2cccc(-c3ccc4c5c(cccc35)-c3c(-c5nc(-c6ccccc6)nc(-c6ccc7ccccc7c6)n5)cccc3N4c3ccccc3)c2)cc1. The molecule has 1 aromatic heterocycles. The number of nitrogens with zero attached hydrogens (tertiary/aromatic N) is 4. The van der Waals surface area contributed by atoms with Gasteiger partial charge < -0.3 is 4.90 Å². The van der Waals surface area contributed by atoms with E-state index in [1.807, 2.05) is 18.2 Å². The first kappa shape index (κ1) is 32.7. The summed E-state index contributed by atoms with van der Waals surface area (Å²) in [5, 5.41) is 4.70. The molecule has 4 heteroatoms. The van der Waals surface area contributed by atoms with Crippen LogP contribution < -0.4 is 4.90 Å². The minimum Gasteiger partial charge on any atom is -0.309 e. The molecule has 0 bridgehead atoms. The molecular formula is C53H34N4. The molecule has 9 aromatic carbocycles. The molecule has 0 fully saturated rings. The number of hydrogen-bond acceptors (Lipinski definition) is 4. The van der Waals surface area contributed by atoms with Gasteiger partial charge in [0.05, 0.1) is 11.4 Å². The van der Waals surface area contributed by atoms with Gasteiger partial charge in [0.25, 0.3) is 0 Å². The van der Waals surface area contributed by atoms with Gasteiger partial charge in [-0.25, -0.2) is 15.0 Å². The Bertz CT molecular complexity index is 3120. The third kappa shape index (κ3) is 5.66. The lowest BCUT2D eigenvalue weighted by molar-refractivity contribution is 1.07. The second-order valence-corrected chi connectivity index (χ2v) is 14.4. The summed E-state index contributed by atoms with van der Waals surface area (Å²) in [7, 11) is 0. The number of rotatable bonds is 6. The lowest BCUT2D eigenvalue weighted by Crippen LogP contribution is -2.16. The maximum atomic E-state index is 5.29. The van der Waals surface area contributed by atoms with Crippen LogP contribution in [0.15, 0.2) is 206 Å². The highest BCUT2D eigenvalue weighted by molar-refractivity contribution is 6.19. The third-order valence-corrected chi connectivity index (χ3v) is 11.0. The molecule has 0 amide bonds. The maximum Gasteiger partial charge on any atom is 0.164 e. The normalized spacial score (nSPS) is 11.8. The summed E-state index contributed by atoms with van der Waals surface area (Å²) < 4.78 is 0. The lowest BCUT2D eigenvalue weighted by Gasteiger charge is -2.35. The van der Waals surface area contributed by atoms with Crippen molar-refractivity contribution in [2.24, 2.45) is 0 Å². The van der Waals surface area contributed by atoms with E-state index in [0.29, 0.717) is 17.5 Å². The van der Waals surface area contributed by atoms with Gasteiger partial charge in [-0.1, -0.05) is 170 Å². The van der Waals surface area contributed by atoms with Crippen LogP contribution in [-0.2, 0) is 0 Å². The van der Waals surface area contributed by atoms with Gasteiger partial charge in [0, 0.05) is 33.3 Å². The fourth-order valence-corrected chi connectivity index (χ4v) is 8.38. The van der Waals surface area contributed by atoms with E-state index in [1.54, 1.807) is 0 Å². The zero-order valence-electron chi connectivity index (χ0n) is 30.9. The van der Waals surface area contributed by atoms with Gasteiger partial charge in [-0.3, -0.25) is 0 Å². The van der Waals surface area contributed by atoms with Crippen LogP contribution >= 0.6 is 0 Å². The number of anilines is 3. The third-order valence-electron chi connectivity index (χ3n) is 11.0. The summed E-state index contributed by atoms with van der Waals surface area (Å²) in [6, 6.07) is 72.9. The van der Waals surface area contributed by atoms with E-state index < -0.39 is 0 Å². The van der Waals surface area contributed by atoms with Crippen molar-refractivity contribution in [1.82, 2.24) is 15.0 Å². The molecule has 11 rings (SSSR count). The first-order chi connectivity index (χ1) is 28.3. The Morgan fingerprint density at radius 1 is 0.316 bits per heavy atom. The van der Waals surface area contributed by atoms with Crippen molar-refractivity contribution in [3.05, 3.63) is 206 Å². The Labute approximate surface area is 331 Å². The molecule has 1 aliphatic rings. The predicted molar refractivity (Wildman–Crippen MR) is 236 cm³/mol. The van der Waals surface area contributed by atoms with Crippen LogP contribution in [0.25, 0.3) is 89.1 Å². The summed E-state index contributed by atoms with van der Waals surface area (Å²) in [4.78, 5) is 18.0. The molecule has 4 nitrogen and oxygen atoms in total. The van der Waals surface area contributed by atoms with Crippen molar-refractivity contribution in [1.29, 1.82) is 0 Å². The molecule has 57 heavy (non-hydrogen) atoms. The second kappa shape index (κ2) is 13.6. The van der Waals surface area contributed by atoms with E-state index in [0.717, 1.165) is 50.3 Å². The fourth-order valence-electron chi connectivity index (χ4n) is 8.38. The molecule has 10 aromatic rings. The first-order valence-electron chi connectivity index (χ1n) is 19.3. The Morgan fingerprint density at radius 3 is 1.74 bits per heavy atom. The van der Waals surface area contributed by atoms with Gasteiger partial charge in [0.1, 0.15) is 0 Å². The van der Waals surface area contributed by atoms with Crippen LogP contribution in [0, 0.1) is 0 Å². The minimum atomic E-state index is 0.629. The predicted octanol–water partition coefficient (Wildman–Crippen LogP) is 14.0. The van der Waals surface area contributed by atoms with Crippen molar-refractivity contribution >= 4 is 38.6 Å². The number of para-hydroxylation sites is 1. The van der Waals surface area contributed by atoms with Crippen LogP contribution in [0.5, 0.6) is 0 Å². The summed E-state index contributed by atoms with van der Waals surface area (Å²) in [5.74, 6) is 1.90. The Morgan fingerprint density at radius 2 is 0.930 bits per heavy atom. The monoisotopic (exact) mass is 726 g/mol. The summed E-state index contributed by atoms with van der Waals surface area (Å²) in [6.45, 7) is 0. The zero-order chi connectivity index (χ0) is 37.7. The van der Waals surface area contributed by atoms with Gasteiger partial charge in [0.15, 0.2) is 17.5 Å². The molecule has 0 N–H and O–H groups in total. The molecule has 0 spiro atoms. The van der Waals surface area contributed by atoms with E-state index in [9.17, 15) is 0 Å². The number of hydrogen-bond donors (Lipinski definition) is 0. The van der Waals surface area contributed by atoms with E-state index in [4.69, 9.17) is 15.0 Å². The summed E-state index contributed by atoms with van der Waals surface area (Å²) in [6.07, 6.45) is 0. The highest BCUT2D eigenvalue weighted by atomic mass is 15.2. The van der Waals surface area contributed by atoms with Gasteiger partial charge in [-0.2, -0.15) is 0 Å². The minimum absolute atomic E-state index is 0.629. The summed E-state index contributed by atoms with van der Waals surface area (Å²) >= 11 is 0. The molecule has 0 unspecified atom stereocenters. The highest BCUT2D eigenvalue weighted by Crippen LogP contribution is 2.54. The number of benzene rings is 9. The van der Waals surface area contributed by atoms with E-state index in [1.165, 1.54) is 38.4 Å². The quantitative estimate of drug-likeness (QED) is 0.171. The van der Waals surface area contributed by atoms with Gasteiger partial charge in [-0.15, -0.1) is 0 Å². The fraction of sp³-hybridized carbons (Fsp3) is 0. The van der Waals surface area contributed by atoms with Crippen molar-refractivity contribution in [3.8, 4) is 67.5 Å². The van der Waals surface area contributed by atoms with Crippen LogP contribution in [0.1, 0.15) is 0 Å². The van der Waals surface area contributed by atoms with Crippen molar-refractivity contribution in [2.75, 3.05) is 4.90 Å². The summed E-state index contributed by atoms with van der Waals surface area (Å²) in [5.41, 5.74) is 13.1. The van der Waals surface area contributed by atoms with Crippen LogP contribution in [0.4, 0.5) is 17.1 Å². The number of aromatic nitrogens is 3. The second-order valence-electron chi connectivity index (χ2n) is 14.4. The van der Waals surface area contributed by atoms with Gasteiger partial charge in [-0.05, 0) is 80.4 Å². The van der Waals surface area contributed by atoms with Crippen molar-refractivity contribution in [3.63, 3.8) is 0 Å². The molecule has 0 radical (unpaired) electrons. The molecule has 0 aliphatic carbocycles. The molecule has 0 atom stereocenters. The molecule has 2 heterocycles. The van der Waals surface area contributed by atoms with E-state index >= 15 is 0 Å². The van der Waals surface area contributed by atoms with Crippen LogP contribution in [0.3, 0.4) is 0 Å². The lowest BCUT2D eigenvalue weighted by atomic mass is 9.85. The average molecular weight is 727 g/mol. The van der Waals surface area contributed by atoms with Gasteiger partial charge in [0.2, 0.25) is 0 Å². The molecule has 1 aliphatic heterocycles. The Balaban J connectivity index is 1.17. The van der Waals surface area contributed by atoms with Crippen LogP contribution in [0.2, 0.25) is 0 Å². The van der Waals surface area contributed by atoms with E-state index in [-0.39, 0.29) is 0 Å². The molecular weight excluding hydrogens is 693 g/mol. The first-order valence-corrected chi connectivity index (χ1v) is 19.3. The zero-order valence-corrected chi connectivity index (χ0v) is 30.9. The molecule has 0 saturated heterocycles. The van der Waals surface area contributed by atoms with Crippen LogP contribution in [-0.4, -0.2) is 15.0 Å². The Hall–Kier alpha value is -7.69. The van der Waals surface area contributed by atoms with E-state index in [2.05, 4.69) is 193 Å². The van der Waals surface area contributed by atoms with Gasteiger partial charge >= 0.3 is 0 Å². The Kier molecular flexibility index (Phi) is 7.78. The molecule has 266 valence electrons. The standard InChI is InChI=1S/C53H34N4/c1-4-15-35(16-5-1)39-21-12-22-40(33-39)43-31-32-48-49-44(43)25-13-26-45(49)50-46(27-14-28-47(50)57(48)42-23-8-3-9-24-42)53-55-51(37-18-6-2-7-19-37)54-52(56-53)41-30-29-36-17-10-11-20-38(36)34-41/h1-34H. The molecule has 0 saturated carbocycles. The smallest absolute Gasteiger partial charge is 0.164 e. The maximum absolute atomic E-state index is 5.29. The number of fused-ring (bicyclic) bond motifs is 3. The topological polar surface area (TPSA) is 41.9 Å².